The summed E-state index contributed by atoms with van der Waals surface area (Å²) in [6.07, 6.45) is -2.69. The van der Waals surface area contributed by atoms with Crippen molar-refractivity contribution >= 4 is 0 Å². The summed E-state index contributed by atoms with van der Waals surface area (Å²) >= 11 is 0. The van der Waals surface area contributed by atoms with Gasteiger partial charge in [0.15, 0.2) is 0 Å². The van der Waals surface area contributed by atoms with Crippen LogP contribution in [0, 0.1) is 23.1 Å². The van der Waals surface area contributed by atoms with Crippen LogP contribution in [0.1, 0.15) is 57.3 Å². The highest BCUT2D eigenvalue weighted by Gasteiger charge is 2.42. The van der Waals surface area contributed by atoms with E-state index in [2.05, 4.69) is 13.8 Å². The molecule has 1 aliphatic carbocycles. The van der Waals surface area contributed by atoms with Crippen LogP contribution in [0.2, 0.25) is 0 Å². The Hall–Kier alpha value is -1.10. The number of alkyl halides is 3. The van der Waals surface area contributed by atoms with Crippen LogP contribution in [-0.2, 0) is 6.18 Å². The van der Waals surface area contributed by atoms with E-state index in [-0.39, 0.29) is 22.8 Å². The van der Waals surface area contributed by atoms with Gasteiger partial charge in [-0.3, -0.25) is 0 Å². The van der Waals surface area contributed by atoms with Crippen LogP contribution in [0.5, 0.6) is 0 Å². The van der Waals surface area contributed by atoms with Gasteiger partial charge in [0.2, 0.25) is 0 Å². The van der Waals surface area contributed by atoms with E-state index in [4.69, 9.17) is 0 Å². The Balaban J connectivity index is 2.33. The summed E-state index contributed by atoms with van der Waals surface area (Å²) < 4.78 is 51.6. The second-order valence-electron chi connectivity index (χ2n) is 7.07. The van der Waals surface area contributed by atoms with Crippen LogP contribution >= 0.6 is 0 Å². The van der Waals surface area contributed by atoms with E-state index >= 15 is 0 Å². The summed E-state index contributed by atoms with van der Waals surface area (Å²) in [5.41, 5.74) is -1.20. The van der Waals surface area contributed by atoms with Crippen molar-refractivity contribution in [2.75, 3.05) is 0 Å². The fourth-order valence-electron chi connectivity index (χ4n) is 3.89. The zero-order chi connectivity index (χ0) is 16.7. The average molecular weight is 318 g/mol. The predicted octanol–water partition coefficient (Wildman–Crippen LogP) is 5.34. The van der Waals surface area contributed by atoms with Crippen LogP contribution < -0.4 is 0 Å². The van der Waals surface area contributed by atoms with Crippen LogP contribution in [0.25, 0.3) is 0 Å². The van der Waals surface area contributed by atoms with Crippen LogP contribution in [0.4, 0.5) is 17.6 Å². The Morgan fingerprint density at radius 3 is 2.41 bits per heavy atom. The molecule has 0 saturated heterocycles. The lowest BCUT2D eigenvalue weighted by molar-refractivity contribution is -0.140. The molecular formula is C17H22F4O. The SMILES string of the molecule is C[C@H]1CCCC(C)(C)[C@@H]1[C@@H](O)c1ccc(C(F)(F)F)c(F)c1. The molecule has 0 aromatic heterocycles. The molecule has 0 spiro atoms. The summed E-state index contributed by atoms with van der Waals surface area (Å²) in [5, 5.41) is 10.6. The van der Waals surface area contributed by atoms with E-state index in [0.717, 1.165) is 25.3 Å². The third-order valence-corrected chi connectivity index (χ3v) is 4.98. The Morgan fingerprint density at radius 2 is 1.91 bits per heavy atom. The molecule has 1 aliphatic rings. The fraction of sp³-hybridized carbons (Fsp3) is 0.647. The molecule has 0 bridgehead atoms. The van der Waals surface area contributed by atoms with Gasteiger partial charge in [-0.2, -0.15) is 13.2 Å². The lowest BCUT2D eigenvalue weighted by Gasteiger charge is -2.45. The molecule has 1 nitrogen and oxygen atoms in total. The monoisotopic (exact) mass is 318 g/mol. The molecule has 2 rings (SSSR count). The van der Waals surface area contributed by atoms with Gasteiger partial charge in [0, 0.05) is 0 Å². The van der Waals surface area contributed by atoms with Crippen molar-refractivity contribution in [2.45, 2.75) is 52.3 Å². The Kier molecular flexibility index (Phi) is 4.58. The van der Waals surface area contributed by atoms with Gasteiger partial charge in [-0.15, -0.1) is 0 Å². The van der Waals surface area contributed by atoms with Gasteiger partial charge in [0.25, 0.3) is 0 Å². The number of hydrogen-bond acceptors (Lipinski definition) is 1. The average Bonchev–Trinajstić information content (AvgIpc) is 2.35. The van der Waals surface area contributed by atoms with E-state index in [1.807, 2.05) is 6.92 Å². The number of aliphatic hydroxyl groups excluding tert-OH is 1. The zero-order valence-electron chi connectivity index (χ0n) is 13.0. The van der Waals surface area contributed by atoms with Crippen molar-refractivity contribution in [2.24, 2.45) is 17.3 Å². The van der Waals surface area contributed by atoms with E-state index in [0.29, 0.717) is 6.07 Å². The van der Waals surface area contributed by atoms with Gasteiger partial charge in [-0.25, -0.2) is 4.39 Å². The molecule has 0 amide bonds. The van der Waals surface area contributed by atoms with Crippen molar-refractivity contribution in [3.05, 3.63) is 35.1 Å². The third kappa shape index (κ3) is 3.29. The largest absolute Gasteiger partial charge is 0.419 e. The molecular weight excluding hydrogens is 296 g/mol. The number of aliphatic hydroxyl groups is 1. The normalized spacial score (nSPS) is 26.7. The second kappa shape index (κ2) is 5.84. The van der Waals surface area contributed by atoms with Gasteiger partial charge < -0.3 is 5.11 Å². The molecule has 22 heavy (non-hydrogen) atoms. The van der Waals surface area contributed by atoms with Crippen LogP contribution in [-0.4, -0.2) is 5.11 Å². The highest BCUT2D eigenvalue weighted by molar-refractivity contribution is 5.28. The lowest BCUT2D eigenvalue weighted by atomic mass is 9.61. The minimum atomic E-state index is -4.72. The van der Waals surface area contributed by atoms with E-state index < -0.39 is 23.7 Å². The second-order valence-corrected chi connectivity index (χ2v) is 7.07. The molecule has 1 saturated carbocycles. The number of halogens is 4. The van der Waals surface area contributed by atoms with Crippen LogP contribution in [0.15, 0.2) is 18.2 Å². The standard InChI is InChI=1S/C17H22F4O/c1-10-5-4-8-16(2,3)14(10)15(22)11-6-7-12(13(18)9-11)17(19,20)21/h6-7,9-10,14-15,22H,4-5,8H2,1-3H3/t10-,14-,15-/m0/s1. The Labute approximate surface area is 128 Å². The molecule has 0 aliphatic heterocycles. The molecule has 1 fully saturated rings. The molecule has 124 valence electrons. The van der Waals surface area contributed by atoms with E-state index in [1.165, 1.54) is 6.07 Å². The lowest BCUT2D eigenvalue weighted by Crippen LogP contribution is -2.38. The topological polar surface area (TPSA) is 20.2 Å². The molecule has 0 radical (unpaired) electrons. The Morgan fingerprint density at radius 1 is 1.27 bits per heavy atom. The number of rotatable bonds is 2. The summed E-state index contributed by atoms with van der Waals surface area (Å²) in [5.74, 6) is -1.19. The van der Waals surface area contributed by atoms with Gasteiger partial charge in [0.1, 0.15) is 5.82 Å². The Bertz CT molecular complexity index is 536. The van der Waals surface area contributed by atoms with Gasteiger partial charge in [-0.1, -0.05) is 39.7 Å². The summed E-state index contributed by atoms with van der Waals surface area (Å²) in [4.78, 5) is 0. The highest BCUT2D eigenvalue weighted by atomic mass is 19.4. The van der Waals surface area contributed by atoms with E-state index in [9.17, 15) is 22.7 Å². The molecule has 5 heteroatoms. The van der Waals surface area contributed by atoms with Crippen LogP contribution in [0.3, 0.4) is 0 Å². The molecule has 1 aromatic rings. The van der Waals surface area contributed by atoms with Crippen molar-refractivity contribution in [3.8, 4) is 0 Å². The minimum absolute atomic E-state index is 0.0996. The quantitative estimate of drug-likeness (QED) is 0.730. The maximum atomic E-state index is 13.7. The minimum Gasteiger partial charge on any atom is -0.388 e. The molecule has 3 atom stereocenters. The summed E-state index contributed by atoms with van der Waals surface area (Å²) in [6, 6.07) is 2.73. The first-order valence-corrected chi connectivity index (χ1v) is 7.59. The summed E-state index contributed by atoms with van der Waals surface area (Å²) in [7, 11) is 0. The number of benzene rings is 1. The smallest absolute Gasteiger partial charge is 0.388 e. The first-order chi connectivity index (χ1) is 10.0. The molecule has 1 aromatic carbocycles. The van der Waals surface area contributed by atoms with E-state index in [1.54, 1.807) is 0 Å². The predicted molar refractivity (Wildman–Crippen MR) is 76.6 cm³/mol. The first kappa shape index (κ1) is 17.3. The fourth-order valence-corrected chi connectivity index (χ4v) is 3.89. The maximum absolute atomic E-state index is 13.7. The van der Waals surface area contributed by atoms with Gasteiger partial charge in [0.05, 0.1) is 11.7 Å². The van der Waals surface area contributed by atoms with Crippen molar-refractivity contribution < 1.29 is 22.7 Å². The highest BCUT2D eigenvalue weighted by Crippen LogP contribution is 2.49. The maximum Gasteiger partial charge on any atom is 0.419 e. The van der Waals surface area contributed by atoms with Crippen molar-refractivity contribution in [3.63, 3.8) is 0 Å². The van der Waals surface area contributed by atoms with Gasteiger partial charge in [-0.05, 0) is 41.4 Å². The molecule has 0 unspecified atom stereocenters. The molecule has 0 heterocycles. The zero-order valence-corrected chi connectivity index (χ0v) is 13.0. The molecule has 1 N–H and O–H groups in total. The van der Waals surface area contributed by atoms with Gasteiger partial charge >= 0.3 is 6.18 Å². The number of hydrogen-bond donors (Lipinski definition) is 1. The first-order valence-electron chi connectivity index (χ1n) is 7.59. The third-order valence-electron chi connectivity index (χ3n) is 4.98. The van der Waals surface area contributed by atoms with Crippen molar-refractivity contribution in [1.82, 2.24) is 0 Å². The summed E-state index contributed by atoms with van der Waals surface area (Å²) in [6.45, 7) is 6.14. The van der Waals surface area contributed by atoms with Crippen molar-refractivity contribution in [1.29, 1.82) is 0 Å².